The Kier molecular flexibility index (Phi) is 7.85. The maximum atomic E-state index is 14.0. The van der Waals surface area contributed by atoms with Gasteiger partial charge in [-0.15, -0.1) is 0 Å². The van der Waals surface area contributed by atoms with Crippen molar-refractivity contribution in [3.05, 3.63) is 41.9 Å². The quantitative estimate of drug-likeness (QED) is 0.271. The van der Waals surface area contributed by atoms with Crippen LogP contribution in [0.3, 0.4) is 0 Å². The Bertz CT molecular complexity index is 1260. The highest BCUT2D eigenvalue weighted by Crippen LogP contribution is 2.46. The second-order valence-corrected chi connectivity index (χ2v) is 11.8. The fourth-order valence-corrected chi connectivity index (χ4v) is 5.74. The summed E-state index contributed by atoms with van der Waals surface area (Å²) in [6.07, 6.45) is 4.84. The van der Waals surface area contributed by atoms with Gasteiger partial charge in [0.15, 0.2) is 11.5 Å². The molecule has 0 amide bonds. The zero-order valence-electron chi connectivity index (χ0n) is 20.4. The number of nitrogens with one attached hydrogen (secondary N) is 1. The van der Waals surface area contributed by atoms with Crippen LogP contribution in [0.2, 0.25) is 5.02 Å². The highest BCUT2D eigenvalue weighted by atomic mass is 35.5. The average Bonchev–Trinajstić information content (AvgIpc) is 3.20. The smallest absolute Gasteiger partial charge is 0.342 e. The molecule has 0 saturated heterocycles. The molecule has 4 rings (SSSR count). The van der Waals surface area contributed by atoms with Gasteiger partial charge < -0.3 is 24.3 Å². The Balaban J connectivity index is 1.47. The van der Waals surface area contributed by atoms with Gasteiger partial charge in [0.1, 0.15) is 35.6 Å². The number of ether oxygens (including phenoxy) is 2. The minimum absolute atomic E-state index is 0.103. The molecule has 0 spiro atoms. The normalized spacial score (nSPS) is 16.8. The van der Waals surface area contributed by atoms with Gasteiger partial charge in [0.2, 0.25) is 0 Å². The Morgan fingerprint density at radius 2 is 2.00 bits per heavy atom. The van der Waals surface area contributed by atoms with Crippen LogP contribution in [0.4, 0.5) is 5.82 Å². The molecule has 1 fully saturated rings. The van der Waals surface area contributed by atoms with E-state index in [9.17, 15) is 9.36 Å². The van der Waals surface area contributed by atoms with Gasteiger partial charge >= 0.3 is 13.5 Å². The lowest BCUT2D eigenvalue weighted by Gasteiger charge is -2.33. The van der Waals surface area contributed by atoms with Gasteiger partial charge in [0.05, 0.1) is 19.0 Å². The van der Waals surface area contributed by atoms with Crippen molar-refractivity contribution in [3.8, 4) is 5.75 Å². The van der Waals surface area contributed by atoms with Crippen molar-refractivity contribution in [2.75, 3.05) is 12.1 Å². The number of nitrogen functional groups attached to an aromatic ring is 1. The number of imidazole rings is 1. The first-order chi connectivity index (χ1) is 17.0. The van der Waals surface area contributed by atoms with Crippen LogP contribution in [0.25, 0.3) is 11.2 Å². The van der Waals surface area contributed by atoms with Crippen LogP contribution in [0.1, 0.15) is 40.0 Å². The lowest BCUT2D eigenvalue weighted by molar-refractivity contribution is -0.159. The SMILES string of the molecule is CC(Cn1cnc2c(N)ncnc21)OCP(=O)(NC(C)(C)C(=O)OC1CCC1)Oc1ccc(Cl)cc1. The third kappa shape index (κ3) is 6.34. The molecule has 3 N–H and O–H groups in total. The van der Waals surface area contributed by atoms with E-state index in [0.717, 1.165) is 19.3 Å². The molecule has 11 nitrogen and oxygen atoms in total. The summed E-state index contributed by atoms with van der Waals surface area (Å²) in [7, 11) is -3.75. The lowest BCUT2D eigenvalue weighted by Crippen LogP contribution is -2.49. The van der Waals surface area contributed by atoms with Gasteiger partial charge in [-0.1, -0.05) is 11.6 Å². The fraction of sp³-hybridized carbons (Fsp3) is 0.478. The van der Waals surface area contributed by atoms with Gasteiger partial charge in [-0.3, -0.25) is 9.36 Å². The lowest BCUT2D eigenvalue weighted by atomic mass is 9.96. The Labute approximate surface area is 214 Å². The van der Waals surface area contributed by atoms with Crippen LogP contribution < -0.4 is 15.3 Å². The summed E-state index contributed by atoms with van der Waals surface area (Å²) >= 11 is 5.97. The van der Waals surface area contributed by atoms with Crippen molar-refractivity contribution in [2.45, 2.75) is 64.3 Å². The van der Waals surface area contributed by atoms with Crippen molar-refractivity contribution in [3.63, 3.8) is 0 Å². The van der Waals surface area contributed by atoms with Crippen molar-refractivity contribution in [1.29, 1.82) is 0 Å². The minimum atomic E-state index is -3.75. The number of carbonyl (C=O) groups is 1. The van der Waals surface area contributed by atoms with Crippen molar-refractivity contribution in [2.24, 2.45) is 0 Å². The number of rotatable bonds is 11. The van der Waals surface area contributed by atoms with Crippen LogP contribution in [0, 0.1) is 0 Å². The molecule has 3 aromatic rings. The highest BCUT2D eigenvalue weighted by molar-refractivity contribution is 7.57. The number of nitrogens with zero attached hydrogens (tertiary/aromatic N) is 4. The molecular formula is C23H30ClN6O5P. The molecule has 2 atom stereocenters. The van der Waals surface area contributed by atoms with Crippen LogP contribution in [0.5, 0.6) is 5.75 Å². The number of benzene rings is 1. The van der Waals surface area contributed by atoms with E-state index >= 15 is 0 Å². The Morgan fingerprint density at radius 3 is 2.67 bits per heavy atom. The summed E-state index contributed by atoms with van der Waals surface area (Å²) in [5.74, 6) is 0.109. The van der Waals surface area contributed by atoms with E-state index in [4.69, 9.17) is 31.3 Å². The summed E-state index contributed by atoms with van der Waals surface area (Å²) in [4.78, 5) is 25.2. The molecular weight excluding hydrogens is 507 g/mol. The third-order valence-electron chi connectivity index (χ3n) is 5.76. The van der Waals surface area contributed by atoms with E-state index < -0.39 is 25.1 Å². The summed E-state index contributed by atoms with van der Waals surface area (Å²) in [6, 6.07) is 6.44. The molecule has 1 aromatic carbocycles. The van der Waals surface area contributed by atoms with Crippen LogP contribution >= 0.6 is 19.1 Å². The fourth-order valence-electron chi connectivity index (χ4n) is 3.59. The molecule has 2 unspecified atom stereocenters. The first-order valence-electron chi connectivity index (χ1n) is 11.6. The predicted molar refractivity (Wildman–Crippen MR) is 136 cm³/mol. The topological polar surface area (TPSA) is 143 Å². The van der Waals surface area contributed by atoms with Gasteiger partial charge in [-0.25, -0.2) is 20.0 Å². The molecule has 0 aliphatic heterocycles. The molecule has 0 bridgehead atoms. The first kappa shape index (κ1) is 26.3. The van der Waals surface area contributed by atoms with E-state index in [2.05, 4.69) is 20.0 Å². The number of nitrogens with two attached hydrogens (primary N) is 1. The molecule has 1 aliphatic carbocycles. The molecule has 36 heavy (non-hydrogen) atoms. The second kappa shape index (κ2) is 10.7. The van der Waals surface area contributed by atoms with Gasteiger partial charge in [-0.05, 0) is 64.3 Å². The van der Waals surface area contributed by atoms with Gasteiger partial charge in [0, 0.05) is 5.02 Å². The maximum absolute atomic E-state index is 14.0. The minimum Gasteiger partial charge on any atom is -0.461 e. The van der Waals surface area contributed by atoms with E-state index in [-0.39, 0.29) is 18.3 Å². The number of hydrogen-bond acceptors (Lipinski definition) is 9. The number of aromatic nitrogens is 4. The van der Waals surface area contributed by atoms with Crippen molar-refractivity contribution >= 4 is 42.1 Å². The van der Waals surface area contributed by atoms with E-state index in [1.165, 1.54) is 6.33 Å². The molecule has 2 heterocycles. The van der Waals surface area contributed by atoms with E-state index in [1.807, 2.05) is 6.92 Å². The monoisotopic (exact) mass is 536 g/mol. The highest BCUT2D eigenvalue weighted by Gasteiger charge is 2.41. The Morgan fingerprint density at radius 1 is 1.28 bits per heavy atom. The number of anilines is 1. The molecule has 0 radical (unpaired) electrons. The van der Waals surface area contributed by atoms with Gasteiger partial charge in [-0.2, -0.15) is 0 Å². The summed E-state index contributed by atoms with van der Waals surface area (Å²) in [5.41, 5.74) is 5.64. The molecule has 1 aliphatic rings. The number of halogens is 1. The summed E-state index contributed by atoms with van der Waals surface area (Å²) < 4.78 is 33.1. The zero-order chi connectivity index (χ0) is 25.9. The summed E-state index contributed by atoms with van der Waals surface area (Å²) in [6.45, 7) is 5.40. The van der Waals surface area contributed by atoms with Crippen LogP contribution in [-0.4, -0.2) is 49.6 Å². The van der Waals surface area contributed by atoms with E-state index in [1.54, 1.807) is 49.0 Å². The van der Waals surface area contributed by atoms with Gasteiger partial charge in [0.25, 0.3) is 0 Å². The second-order valence-electron chi connectivity index (χ2n) is 9.35. The first-order valence-corrected chi connectivity index (χ1v) is 13.8. The Hall–Kier alpha value is -2.72. The number of esters is 1. The van der Waals surface area contributed by atoms with Crippen LogP contribution in [0.15, 0.2) is 36.9 Å². The molecule has 194 valence electrons. The largest absolute Gasteiger partial charge is 0.461 e. The van der Waals surface area contributed by atoms with Crippen molar-refractivity contribution in [1.82, 2.24) is 24.6 Å². The van der Waals surface area contributed by atoms with E-state index in [0.29, 0.717) is 28.5 Å². The standard InChI is InChI=1S/C23H30ClN6O5P/c1-15(11-30-13-28-19-20(25)26-12-27-21(19)30)33-14-36(32,35-18-9-7-16(24)8-10-18)29-23(2,3)22(31)34-17-5-4-6-17/h7-10,12-13,15,17H,4-6,11,14H2,1-3H3,(H,29,32)(H2,25,26,27). The number of carbonyl (C=O) groups excluding carboxylic acids is 1. The predicted octanol–water partition coefficient (Wildman–Crippen LogP) is 4.16. The average molecular weight is 537 g/mol. The zero-order valence-corrected chi connectivity index (χ0v) is 22.0. The molecule has 2 aromatic heterocycles. The maximum Gasteiger partial charge on any atom is 0.342 e. The summed E-state index contributed by atoms with van der Waals surface area (Å²) in [5, 5.41) is 3.39. The molecule has 13 heteroatoms. The van der Waals surface area contributed by atoms with Crippen LogP contribution in [-0.2, 0) is 25.4 Å². The number of fused-ring (bicyclic) bond motifs is 1. The van der Waals surface area contributed by atoms with Crippen molar-refractivity contribution < 1.29 is 23.4 Å². The third-order valence-corrected chi connectivity index (χ3v) is 7.91. The molecule has 1 saturated carbocycles. The number of hydrogen-bond donors (Lipinski definition) is 2.